The van der Waals surface area contributed by atoms with Gasteiger partial charge >= 0.3 is 0 Å². The Hall–Kier alpha value is -0.950. The van der Waals surface area contributed by atoms with Gasteiger partial charge in [-0.2, -0.15) is 0 Å². The van der Waals surface area contributed by atoms with Gasteiger partial charge in [-0.15, -0.1) is 22.7 Å². The van der Waals surface area contributed by atoms with Crippen LogP contribution in [-0.4, -0.2) is 42.6 Å². The quantitative estimate of drug-likeness (QED) is 0.941. The van der Waals surface area contributed by atoms with Gasteiger partial charge in [-0.1, -0.05) is 0 Å². The predicted octanol–water partition coefficient (Wildman–Crippen LogP) is 2.34. The van der Waals surface area contributed by atoms with Crippen LogP contribution in [0.5, 0.6) is 0 Å². The number of nitrogens with two attached hydrogens (primary N) is 1. The van der Waals surface area contributed by atoms with Crippen molar-refractivity contribution in [3.8, 4) is 0 Å². The Bertz CT molecular complexity index is 529. The zero-order chi connectivity index (χ0) is 13.9. The molecule has 4 nitrogen and oxygen atoms in total. The number of anilines is 1. The van der Waals surface area contributed by atoms with Crippen LogP contribution >= 0.6 is 22.7 Å². The number of aryl methyl sites for hydroxylation is 1. The minimum atomic E-state index is 0.368. The van der Waals surface area contributed by atoms with E-state index in [0.29, 0.717) is 12.6 Å². The molecule has 0 aromatic carbocycles. The molecule has 1 aliphatic heterocycles. The Balaban J connectivity index is 1.64. The summed E-state index contributed by atoms with van der Waals surface area (Å²) in [4.78, 5) is 12.0. The van der Waals surface area contributed by atoms with E-state index in [9.17, 15) is 0 Å². The number of rotatable bonds is 4. The molecule has 1 atom stereocenters. The second kappa shape index (κ2) is 6.22. The molecule has 2 aromatic rings. The van der Waals surface area contributed by atoms with Crippen LogP contribution in [0.1, 0.15) is 15.8 Å². The Morgan fingerprint density at radius 1 is 1.30 bits per heavy atom. The van der Waals surface area contributed by atoms with Gasteiger partial charge in [-0.25, -0.2) is 4.98 Å². The summed E-state index contributed by atoms with van der Waals surface area (Å²) >= 11 is 3.59. The SMILES string of the molecule is Cc1ccc(C(CN)N2CCN(c3nccs3)CC2)s1. The van der Waals surface area contributed by atoms with Gasteiger partial charge < -0.3 is 10.6 Å². The standard InChI is InChI=1S/C14H20N4S2/c1-11-2-3-13(20-11)12(10-15)17-5-7-18(8-6-17)14-16-4-9-19-14/h2-4,9,12H,5-8,10,15H2,1H3. The van der Waals surface area contributed by atoms with Crippen molar-refractivity contribution in [2.75, 3.05) is 37.6 Å². The summed E-state index contributed by atoms with van der Waals surface area (Å²) in [6.07, 6.45) is 1.88. The summed E-state index contributed by atoms with van der Waals surface area (Å²) in [7, 11) is 0. The number of nitrogens with zero attached hydrogens (tertiary/aromatic N) is 3. The fourth-order valence-corrected chi connectivity index (χ4v) is 4.40. The molecule has 3 rings (SSSR count). The second-order valence-electron chi connectivity index (χ2n) is 5.04. The van der Waals surface area contributed by atoms with E-state index in [-0.39, 0.29) is 0 Å². The van der Waals surface area contributed by atoms with E-state index in [2.05, 4.69) is 33.8 Å². The van der Waals surface area contributed by atoms with Crippen LogP contribution in [0.4, 0.5) is 5.13 Å². The van der Waals surface area contributed by atoms with Crippen molar-refractivity contribution in [3.63, 3.8) is 0 Å². The van der Waals surface area contributed by atoms with E-state index in [1.807, 2.05) is 22.9 Å². The molecule has 1 aliphatic rings. The van der Waals surface area contributed by atoms with Gasteiger partial charge in [0.05, 0.1) is 6.04 Å². The lowest BCUT2D eigenvalue weighted by molar-refractivity contribution is 0.193. The predicted molar refractivity (Wildman–Crippen MR) is 86.8 cm³/mol. The number of thiophene rings is 1. The van der Waals surface area contributed by atoms with E-state index in [0.717, 1.165) is 31.3 Å². The van der Waals surface area contributed by atoms with Crippen molar-refractivity contribution in [1.82, 2.24) is 9.88 Å². The minimum absolute atomic E-state index is 0.368. The fraction of sp³-hybridized carbons (Fsp3) is 0.500. The molecule has 0 bridgehead atoms. The topological polar surface area (TPSA) is 45.4 Å². The van der Waals surface area contributed by atoms with Crippen LogP contribution in [-0.2, 0) is 0 Å². The van der Waals surface area contributed by atoms with Gasteiger partial charge in [-0.3, -0.25) is 4.90 Å². The third-order valence-electron chi connectivity index (χ3n) is 3.76. The molecule has 0 amide bonds. The number of piperazine rings is 1. The fourth-order valence-electron chi connectivity index (χ4n) is 2.67. The van der Waals surface area contributed by atoms with Crippen LogP contribution in [0, 0.1) is 6.92 Å². The van der Waals surface area contributed by atoms with E-state index in [1.165, 1.54) is 9.75 Å². The summed E-state index contributed by atoms with van der Waals surface area (Å²) in [6, 6.07) is 4.78. The Kier molecular flexibility index (Phi) is 4.35. The van der Waals surface area contributed by atoms with Gasteiger partial charge in [0, 0.05) is 54.1 Å². The highest BCUT2D eigenvalue weighted by atomic mass is 32.1. The summed E-state index contributed by atoms with van der Waals surface area (Å²) in [6.45, 7) is 7.03. The molecule has 0 saturated carbocycles. The Morgan fingerprint density at radius 3 is 2.65 bits per heavy atom. The molecule has 20 heavy (non-hydrogen) atoms. The smallest absolute Gasteiger partial charge is 0.185 e. The molecule has 6 heteroatoms. The molecule has 108 valence electrons. The summed E-state index contributed by atoms with van der Waals surface area (Å²) in [5.41, 5.74) is 6.02. The van der Waals surface area contributed by atoms with Crippen LogP contribution in [0.3, 0.4) is 0 Å². The van der Waals surface area contributed by atoms with Crippen molar-refractivity contribution in [2.24, 2.45) is 5.73 Å². The molecular formula is C14H20N4S2. The Morgan fingerprint density at radius 2 is 2.10 bits per heavy atom. The first-order valence-electron chi connectivity index (χ1n) is 6.93. The third-order valence-corrected chi connectivity index (χ3v) is 5.69. The Labute approximate surface area is 127 Å². The normalized spacial score (nSPS) is 18.4. The molecule has 0 aliphatic carbocycles. The molecule has 1 saturated heterocycles. The molecule has 2 aromatic heterocycles. The van der Waals surface area contributed by atoms with Crippen molar-refractivity contribution in [2.45, 2.75) is 13.0 Å². The lowest BCUT2D eigenvalue weighted by Crippen LogP contribution is -2.48. The number of hydrogen-bond acceptors (Lipinski definition) is 6. The van der Waals surface area contributed by atoms with E-state index in [4.69, 9.17) is 5.73 Å². The monoisotopic (exact) mass is 308 g/mol. The van der Waals surface area contributed by atoms with Crippen molar-refractivity contribution >= 4 is 27.8 Å². The maximum atomic E-state index is 6.02. The first-order valence-corrected chi connectivity index (χ1v) is 8.62. The molecule has 3 heterocycles. The van der Waals surface area contributed by atoms with Gasteiger partial charge in [0.15, 0.2) is 5.13 Å². The first kappa shape index (κ1) is 14.0. The second-order valence-corrected chi connectivity index (χ2v) is 7.23. The number of aromatic nitrogens is 1. The summed E-state index contributed by atoms with van der Waals surface area (Å²) in [5, 5.41) is 3.18. The molecule has 2 N–H and O–H groups in total. The van der Waals surface area contributed by atoms with Gasteiger partial charge in [0.25, 0.3) is 0 Å². The minimum Gasteiger partial charge on any atom is -0.346 e. The lowest BCUT2D eigenvalue weighted by atomic mass is 10.1. The first-order chi connectivity index (χ1) is 9.78. The highest BCUT2D eigenvalue weighted by molar-refractivity contribution is 7.13. The van der Waals surface area contributed by atoms with Crippen LogP contribution in [0.2, 0.25) is 0 Å². The van der Waals surface area contributed by atoms with Crippen molar-refractivity contribution < 1.29 is 0 Å². The maximum absolute atomic E-state index is 6.02. The highest BCUT2D eigenvalue weighted by Gasteiger charge is 2.25. The zero-order valence-electron chi connectivity index (χ0n) is 11.7. The molecule has 1 fully saturated rings. The average molecular weight is 308 g/mol. The van der Waals surface area contributed by atoms with Crippen molar-refractivity contribution in [1.29, 1.82) is 0 Å². The molecule has 0 radical (unpaired) electrons. The van der Waals surface area contributed by atoms with Gasteiger partial charge in [0.2, 0.25) is 0 Å². The number of thiazole rings is 1. The summed E-state index contributed by atoms with van der Waals surface area (Å²) < 4.78 is 0. The van der Waals surface area contributed by atoms with Crippen LogP contribution in [0.15, 0.2) is 23.7 Å². The van der Waals surface area contributed by atoms with E-state index in [1.54, 1.807) is 11.3 Å². The zero-order valence-corrected chi connectivity index (χ0v) is 13.3. The van der Waals surface area contributed by atoms with Crippen molar-refractivity contribution in [3.05, 3.63) is 33.5 Å². The van der Waals surface area contributed by atoms with E-state index < -0.39 is 0 Å². The molecule has 1 unspecified atom stereocenters. The van der Waals surface area contributed by atoms with E-state index >= 15 is 0 Å². The largest absolute Gasteiger partial charge is 0.346 e. The van der Waals surface area contributed by atoms with Crippen LogP contribution in [0.25, 0.3) is 0 Å². The summed E-state index contributed by atoms with van der Waals surface area (Å²) in [5.74, 6) is 0. The molecule has 0 spiro atoms. The highest BCUT2D eigenvalue weighted by Crippen LogP contribution is 2.28. The third kappa shape index (κ3) is 2.88. The molecular weight excluding hydrogens is 288 g/mol. The van der Waals surface area contributed by atoms with Gasteiger partial charge in [-0.05, 0) is 19.1 Å². The number of hydrogen-bond donors (Lipinski definition) is 1. The lowest BCUT2D eigenvalue weighted by Gasteiger charge is -2.38. The maximum Gasteiger partial charge on any atom is 0.185 e. The van der Waals surface area contributed by atoms with Gasteiger partial charge in [0.1, 0.15) is 0 Å². The average Bonchev–Trinajstić information content (AvgIpc) is 3.12. The van der Waals surface area contributed by atoms with Crippen LogP contribution < -0.4 is 10.6 Å².